The Labute approximate surface area is 213 Å². The highest BCUT2D eigenvalue weighted by molar-refractivity contribution is 6.31. The van der Waals surface area contributed by atoms with Gasteiger partial charge in [-0.2, -0.15) is 0 Å². The van der Waals surface area contributed by atoms with E-state index in [0.29, 0.717) is 10.8 Å². The smallest absolute Gasteiger partial charge is 0.0543 e. The molecule has 34 heavy (non-hydrogen) atoms. The van der Waals surface area contributed by atoms with Gasteiger partial charge in [0.25, 0.3) is 0 Å². The minimum Gasteiger partial charge on any atom is -0.393 e. The van der Waals surface area contributed by atoms with Gasteiger partial charge in [-0.3, -0.25) is 0 Å². The molecule has 0 spiro atoms. The third-order valence-corrected chi connectivity index (χ3v) is 12.1. The summed E-state index contributed by atoms with van der Waals surface area (Å²) in [5, 5.41) is 14.8. The first kappa shape index (κ1) is 25.1. The van der Waals surface area contributed by atoms with E-state index < -0.39 is 0 Å². The van der Waals surface area contributed by atoms with Crippen LogP contribution in [0.25, 0.3) is 0 Å². The molecule has 0 saturated heterocycles. The van der Waals surface area contributed by atoms with Crippen LogP contribution in [0, 0.1) is 46.3 Å². The Morgan fingerprint density at radius 2 is 1.76 bits per heavy atom. The van der Waals surface area contributed by atoms with Gasteiger partial charge in [0.15, 0.2) is 0 Å². The Morgan fingerprint density at radius 3 is 2.59 bits per heavy atom. The second kappa shape index (κ2) is 10.1. The fraction of sp³-hybridized carbons (Fsp3) is 0.806. The van der Waals surface area contributed by atoms with E-state index in [1.165, 1.54) is 63.4 Å². The van der Waals surface area contributed by atoms with Gasteiger partial charge in [-0.1, -0.05) is 50.6 Å². The lowest BCUT2D eigenvalue weighted by molar-refractivity contribution is -0.129. The van der Waals surface area contributed by atoms with Crippen LogP contribution in [0.15, 0.2) is 24.3 Å². The van der Waals surface area contributed by atoms with Crippen LogP contribution in [0.3, 0.4) is 0 Å². The van der Waals surface area contributed by atoms with Crippen LogP contribution in [-0.2, 0) is 6.54 Å². The van der Waals surface area contributed by atoms with E-state index in [1.54, 1.807) is 0 Å². The summed E-state index contributed by atoms with van der Waals surface area (Å²) in [6, 6.07) is 8.18. The van der Waals surface area contributed by atoms with Crippen molar-refractivity contribution in [3.63, 3.8) is 0 Å². The number of aliphatic hydroxyl groups excluding tert-OH is 1. The third kappa shape index (κ3) is 4.50. The van der Waals surface area contributed by atoms with E-state index in [2.05, 4.69) is 38.2 Å². The van der Waals surface area contributed by atoms with Gasteiger partial charge >= 0.3 is 0 Å². The Balaban J connectivity index is 1.15. The highest BCUT2D eigenvalue weighted by Crippen LogP contribution is 2.68. The minimum absolute atomic E-state index is 0.0284. The van der Waals surface area contributed by atoms with Crippen molar-refractivity contribution < 1.29 is 5.11 Å². The van der Waals surface area contributed by atoms with E-state index in [9.17, 15) is 5.11 Å². The van der Waals surface area contributed by atoms with Crippen LogP contribution in [0.2, 0.25) is 5.02 Å². The van der Waals surface area contributed by atoms with Gasteiger partial charge in [-0.15, -0.1) is 0 Å². The lowest BCUT2D eigenvalue weighted by Gasteiger charge is -2.61. The van der Waals surface area contributed by atoms with Crippen LogP contribution in [0.4, 0.5) is 0 Å². The Kier molecular flexibility index (Phi) is 7.43. The Hall–Kier alpha value is -0.570. The van der Waals surface area contributed by atoms with Crippen molar-refractivity contribution in [3.05, 3.63) is 34.9 Å². The van der Waals surface area contributed by atoms with E-state index in [1.807, 2.05) is 12.1 Å². The summed E-state index contributed by atoms with van der Waals surface area (Å²) in [6.07, 6.45) is 14.6. The molecule has 0 amide bonds. The number of benzene rings is 1. The Morgan fingerprint density at radius 1 is 1.00 bits per heavy atom. The standard InChI is InChI=1S/C31H48ClNO/c1-21(7-6-18-33-20-22-8-4-5-9-29(22)32)26-12-13-27-25-11-10-23-19-24(34)14-16-30(23,2)28(25)15-17-31(26,27)3/h4-5,8-9,21,23-28,33-34H,6-7,10-20H2,1-3H3. The highest BCUT2D eigenvalue weighted by atomic mass is 35.5. The summed E-state index contributed by atoms with van der Waals surface area (Å²) >= 11 is 6.30. The average Bonchev–Trinajstić information content (AvgIpc) is 3.17. The molecule has 2 N–H and O–H groups in total. The largest absolute Gasteiger partial charge is 0.393 e. The van der Waals surface area contributed by atoms with Crippen molar-refractivity contribution in [2.24, 2.45) is 46.3 Å². The summed E-state index contributed by atoms with van der Waals surface area (Å²) in [5.41, 5.74) is 2.26. The molecule has 0 radical (unpaired) electrons. The predicted molar refractivity (Wildman–Crippen MR) is 143 cm³/mol. The molecule has 3 heteroatoms. The first-order valence-corrected chi connectivity index (χ1v) is 14.8. The maximum atomic E-state index is 10.3. The molecule has 4 aliphatic carbocycles. The first-order valence-electron chi connectivity index (χ1n) is 14.4. The normalized spacial score (nSPS) is 42.5. The molecule has 1 aromatic rings. The quantitative estimate of drug-likeness (QED) is 0.385. The second-order valence-corrected chi connectivity index (χ2v) is 13.6. The molecule has 5 rings (SSSR count). The number of fused-ring (bicyclic) bond motifs is 5. The van der Waals surface area contributed by atoms with Crippen LogP contribution in [0.1, 0.15) is 97.0 Å². The molecule has 4 saturated carbocycles. The van der Waals surface area contributed by atoms with Crippen LogP contribution in [0.5, 0.6) is 0 Å². The van der Waals surface area contributed by atoms with Gasteiger partial charge in [0.1, 0.15) is 0 Å². The van der Waals surface area contributed by atoms with Gasteiger partial charge in [-0.05, 0) is 135 Å². The molecular formula is C31H48ClNO. The van der Waals surface area contributed by atoms with Gasteiger partial charge in [0.05, 0.1) is 6.10 Å². The molecule has 4 fully saturated rings. The first-order chi connectivity index (χ1) is 16.3. The van der Waals surface area contributed by atoms with Crippen molar-refractivity contribution in [3.8, 4) is 0 Å². The molecule has 0 heterocycles. The van der Waals surface area contributed by atoms with Crippen molar-refractivity contribution in [2.45, 2.75) is 104 Å². The van der Waals surface area contributed by atoms with Crippen molar-refractivity contribution in [1.82, 2.24) is 5.32 Å². The van der Waals surface area contributed by atoms with E-state index in [0.717, 1.165) is 66.5 Å². The lowest BCUT2D eigenvalue weighted by atomic mass is 9.44. The molecule has 9 unspecified atom stereocenters. The maximum absolute atomic E-state index is 10.3. The summed E-state index contributed by atoms with van der Waals surface area (Å²) in [6.45, 7) is 9.82. The summed E-state index contributed by atoms with van der Waals surface area (Å²) in [5.74, 6) is 5.31. The average molecular weight is 486 g/mol. The number of hydrogen-bond donors (Lipinski definition) is 2. The van der Waals surface area contributed by atoms with Crippen molar-refractivity contribution >= 4 is 11.6 Å². The minimum atomic E-state index is -0.0284. The molecule has 9 atom stereocenters. The number of halogens is 1. The van der Waals surface area contributed by atoms with Crippen LogP contribution >= 0.6 is 11.6 Å². The highest BCUT2D eigenvalue weighted by Gasteiger charge is 2.60. The van der Waals surface area contributed by atoms with Crippen LogP contribution < -0.4 is 5.32 Å². The SMILES string of the molecule is CC(CCCNCc1ccccc1Cl)C1CCC2C3CCC4CC(O)CCC4(C)C3CCC12C. The molecule has 2 nitrogen and oxygen atoms in total. The van der Waals surface area contributed by atoms with Gasteiger partial charge in [0.2, 0.25) is 0 Å². The molecule has 0 bridgehead atoms. The van der Waals surface area contributed by atoms with Crippen molar-refractivity contribution in [1.29, 1.82) is 0 Å². The summed E-state index contributed by atoms with van der Waals surface area (Å²) in [4.78, 5) is 0. The van der Waals surface area contributed by atoms with E-state index in [4.69, 9.17) is 11.6 Å². The van der Waals surface area contributed by atoms with Gasteiger partial charge < -0.3 is 10.4 Å². The zero-order chi connectivity index (χ0) is 23.9. The number of aliphatic hydroxyl groups is 1. The zero-order valence-electron chi connectivity index (χ0n) is 21.9. The topological polar surface area (TPSA) is 32.3 Å². The summed E-state index contributed by atoms with van der Waals surface area (Å²) in [7, 11) is 0. The maximum Gasteiger partial charge on any atom is 0.0543 e. The van der Waals surface area contributed by atoms with Crippen molar-refractivity contribution in [2.75, 3.05) is 6.54 Å². The fourth-order valence-corrected chi connectivity index (χ4v) is 10.0. The number of hydrogen-bond acceptors (Lipinski definition) is 2. The lowest BCUT2D eigenvalue weighted by Crippen LogP contribution is -2.54. The molecule has 190 valence electrons. The Bertz CT molecular complexity index is 842. The monoisotopic (exact) mass is 485 g/mol. The zero-order valence-corrected chi connectivity index (χ0v) is 22.6. The van der Waals surface area contributed by atoms with Crippen LogP contribution in [-0.4, -0.2) is 17.8 Å². The molecule has 4 aliphatic rings. The number of rotatable bonds is 7. The number of nitrogens with one attached hydrogen (secondary N) is 1. The van der Waals surface area contributed by atoms with Gasteiger partial charge in [-0.25, -0.2) is 0 Å². The molecular weight excluding hydrogens is 438 g/mol. The summed E-state index contributed by atoms with van der Waals surface area (Å²) < 4.78 is 0. The van der Waals surface area contributed by atoms with Gasteiger partial charge in [0, 0.05) is 11.6 Å². The molecule has 1 aromatic carbocycles. The second-order valence-electron chi connectivity index (χ2n) is 13.2. The predicted octanol–water partition coefficient (Wildman–Crippen LogP) is 7.87. The van der Waals surface area contributed by atoms with E-state index >= 15 is 0 Å². The molecule has 0 aliphatic heterocycles. The third-order valence-electron chi connectivity index (χ3n) is 11.7. The fourth-order valence-electron chi connectivity index (χ4n) is 9.83. The van der Waals surface area contributed by atoms with E-state index in [-0.39, 0.29) is 6.10 Å². The molecule has 0 aromatic heterocycles.